The normalized spacial score (nSPS) is 11.2. The zero-order valence-electron chi connectivity index (χ0n) is 16.8. The number of rotatable bonds is 8. The summed E-state index contributed by atoms with van der Waals surface area (Å²) in [6.07, 6.45) is -0.0186. The molecule has 0 radical (unpaired) electrons. The molecule has 0 aliphatic carbocycles. The van der Waals surface area contributed by atoms with E-state index < -0.39 is 28.5 Å². The van der Waals surface area contributed by atoms with Crippen molar-refractivity contribution in [3.63, 3.8) is 0 Å². The summed E-state index contributed by atoms with van der Waals surface area (Å²) in [5.41, 5.74) is 2.05. The maximum absolute atomic E-state index is 12.0. The molecule has 29 heavy (non-hydrogen) atoms. The number of benzene rings is 2. The molecule has 0 aromatic heterocycles. The van der Waals surface area contributed by atoms with Gasteiger partial charge in [-0.2, -0.15) is 0 Å². The van der Waals surface area contributed by atoms with Gasteiger partial charge in [-0.1, -0.05) is 17.7 Å². The number of nitrogens with one attached hydrogen (secondary N) is 1. The van der Waals surface area contributed by atoms with Gasteiger partial charge in [0.2, 0.25) is 10.0 Å². The van der Waals surface area contributed by atoms with Crippen LogP contribution in [0.5, 0.6) is 5.75 Å². The number of hydrogen-bond donors (Lipinski definition) is 1. The zero-order chi connectivity index (χ0) is 21.6. The number of nitrogens with zero attached hydrogens (tertiary/aromatic N) is 1. The molecule has 0 saturated carbocycles. The summed E-state index contributed by atoms with van der Waals surface area (Å²) < 4.78 is 35.4. The second-order valence-corrected chi connectivity index (χ2v) is 8.66. The molecule has 1 N–H and O–H groups in total. The van der Waals surface area contributed by atoms with Gasteiger partial charge >= 0.3 is 5.97 Å². The maximum atomic E-state index is 12.0. The first-order valence-electron chi connectivity index (χ1n) is 8.75. The Balaban J connectivity index is 1.90. The van der Waals surface area contributed by atoms with E-state index in [1.807, 2.05) is 19.1 Å². The van der Waals surface area contributed by atoms with E-state index in [4.69, 9.17) is 9.47 Å². The zero-order valence-corrected chi connectivity index (χ0v) is 17.6. The minimum Gasteiger partial charge on any atom is -0.496 e. The van der Waals surface area contributed by atoms with E-state index in [2.05, 4.69) is 5.32 Å². The number of carbonyl (C=O) groups is 2. The van der Waals surface area contributed by atoms with Gasteiger partial charge in [0.15, 0.2) is 6.61 Å². The average Bonchev–Trinajstić information content (AvgIpc) is 2.67. The van der Waals surface area contributed by atoms with E-state index in [0.717, 1.165) is 9.87 Å². The average molecular weight is 420 g/mol. The number of esters is 1. The molecule has 8 nitrogen and oxygen atoms in total. The maximum Gasteiger partial charge on any atom is 0.310 e. The van der Waals surface area contributed by atoms with Crippen LogP contribution in [0.4, 0.5) is 5.69 Å². The second-order valence-electron chi connectivity index (χ2n) is 6.51. The highest BCUT2D eigenvalue weighted by molar-refractivity contribution is 7.89. The molecule has 0 atom stereocenters. The van der Waals surface area contributed by atoms with Gasteiger partial charge in [0.1, 0.15) is 5.75 Å². The molecule has 2 aromatic carbocycles. The molecule has 2 aromatic rings. The number of aryl methyl sites for hydroxylation is 1. The SMILES string of the molecule is COc1ccc(C)cc1CC(=O)OCC(=O)Nc1ccc(S(=O)(=O)N(C)C)cc1. The van der Waals surface area contributed by atoms with Gasteiger partial charge < -0.3 is 14.8 Å². The first kappa shape index (κ1) is 22.4. The summed E-state index contributed by atoms with van der Waals surface area (Å²) in [4.78, 5) is 24.1. The third-order valence-corrected chi connectivity index (χ3v) is 5.88. The van der Waals surface area contributed by atoms with Crippen molar-refractivity contribution in [3.05, 3.63) is 53.6 Å². The number of anilines is 1. The monoisotopic (exact) mass is 420 g/mol. The van der Waals surface area contributed by atoms with E-state index in [1.54, 1.807) is 6.07 Å². The van der Waals surface area contributed by atoms with Crippen LogP contribution in [0.2, 0.25) is 0 Å². The molecular weight excluding hydrogens is 396 g/mol. The topological polar surface area (TPSA) is 102 Å². The molecular formula is C20H24N2O6S. The second kappa shape index (κ2) is 9.53. The highest BCUT2D eigenvalue weighted by Crippen LogP contribution is 2.20. The van der Waals surface area contributed by atoms with Crippen LogP contribution in [-0.2, 0) is 30.8 Å². The molecule has 0 heterocycles. The van der Waals surface area contributed by atoms with E-state index in [0.29, 0.717) is 17.0 Å². The molecule has 0 aliphatic rings. The first-order valence-corrected chi connectivity index (χ1v) is 10.2. The van der Waals surface area contributed by atoms with E-state index >= 15 is 0 Å². The third-order valence-electron chi connectivity index (χ3n) is 4.05. The molecule has 0 fully saturated rings. The summed E-state index contributed by atoms with van der Waals surface area (Å²) in [6.45, 7) is 1.45. The van der Waals surface area contributed by atoms with Crippen LogP contribution < -0.4 is 10.1 Å². The fourth-order valence-electron chi connectivity index (χ4n) is 2.52. The fraction of sp³-hybridized carbons (Fsp3) is 0.300. The van der Waals surface area contributed by atoms with Gasteiger partial charge in [0.05, 0.1) is 18.4 Å². The molecule has 1 amide bonds. The molecule has 9 heteroatoms. The number of hydrogen-bond acceptors (Lipinski definition) is 6. The smallest absolute Gasteiger partial charge is 0.310 e. The van der Waals surface area contributed by atoms with Gasteiger partial charge in [0.25, 0.3) is 5.91 Å². The lowest BCUT2D eigenvalue weighted by Crippen LogP contribution is -2.23. The van der Waals surface area contributed by atoms with Crippen molar-refractivity contribution in [1.29, 1.82) is 0 Å². The Bertz CT molecular complexity index is 985. The van der Waals surface area contributed by atoms with E-state index in [9.17, 15) is 18.0 Å². The van der Waals surface area contributed by atoms with Crippen molar-refractivity contribution in [2.75, 3.05) is 33.1 Å². The first-order chi connectivity index (χ1) is 13.6. The summed E-state index contributed by atoms with van der Waals surface area (Å²) in [6, 6.07) is 11.2. The lowest BCUT2D eigenvalue weighted by Gasteiger charge is -2.12. The highest BCUT2D eigenvalue weighted by atomic mass is 32.2. The summed E-state index contributed by atoms with van der Waals surface area (Å²) in [5, 5.41) is 2.55. The van der Waals surface area contributed by atoms with Crippen molar-refractivity contribution in [2.45, 2.75) is 18.2 Å². The Labute approximate surface area is 170 Å². The van der Waals surface area contributed by atoms with Crippen LogP contribution in [0.1, 0.15) is 11.1 Å². The van der Waals surface area contributed by atoms with Crippen molar-refractivity contribution in [1.82, 2.24) is 4.31 Å². The minimum atomic E-state index is -3.54. The Morgan fingerprint density at radius 3 is 2.31 bits per heavy atom. The van der Waals surface area contributed by atoms with Gasteiger partial charge in [0, 0.05) is 25.3 Å². The Hall–Kier alpha value is -2.91. The summed E-state index contributed by atoms with van der Waals surface area (Å²) in [5.74, 6) is -0.515. The van der Waals surface area contributed by atoms with Crippen molar-refractivity contribution in [2.24, 2.45) is 0 Å². The van der Waals surface area contributed by atoms with Crippen LogP contribution in [0.25, 0.3) is 0 Å². The molecule has 0 saturated heterocycles. The van der Waals surface area contributed by atoms with Crippen LogP contribution in [0.3, 0.4) is 0 Å². The number of sulfonamides is 1. The number of carbonyl (C=O) groups excluding carboxylic acids is 2. The van der Waals surface area contributed by atoms with E-state index in [1.165, 1.54) is 45.5 Å². The van der Waals surface area contributed by atoms with Gasteiger partial charge in [-0.3, -0.25) is 9.59 Å². The minimum absolute atomic E-state index is 0.0186. The Morgan fingerprint density at radius 2 is 1.72 bits per heavy atom. The van der Waals surface area contributed by atoms with Crippen molar-refractivity contribution >= 4 is 27.6 Å². The van der Waals surface area contributed by atoms with Crippen LogP contribution in [-0.4, -0.2) is 52.4 Å². The van der Waals surface area contributed by atoms with E-state index in [-0.39, 0.29) is 11.3 Å². The van der Waals surface area contributed by atoms with Crippen LogP contribution in [0.15, 0.2) is 47.4 Å². The molecule has 0 aliphatic heterocycles. The summed E-state index contributed by atoms with van der Waals surface area (Å²) >= 11 is 0. The van der Waals surface area contributed by atoms with Crippen LogP contribution in [0, 0.1) is 6.92 Å². The van der Waals surface area contributed by atoms with Crippen LogP contribution >= 0.6 is 0 Å². The highest BCUT2D eigenvalue weighted by Gasteiger charge is 2.17. The van der Waals surface area contributed by atoms with Crippen molar-refractivity contribution < 1.29 is 27.5 Å². The third kappa shape index (κ3) is 6.03. The standard InChI is InChI=1S/C20H24N2O6S/c1-14-5-10-18(27-4)15(11-14)12-20(24)28-13-19(23)21-16-6-8-17(9-7-16)29(25,26)22(2)3/h5-11H,12-13H2,1-4H3,(H,21,23). The Morgan fingerprint density at radius 1 is 1.07 bits per heavy atom. The quantitative estimate of drug-likeness (QED) is 0.655. The summed E-state index contributed by atoms with van der Waals surface area (Å²) in [7, 11) is 0.847. The lowest BCUT2D eigenvalue weighted by molar-refractivity contribution is -0.146. The van der Waals surface area contributed by atoms with Gasteiger partial charge in [-0.15, -0.1) is 0 Å². The van der Waals surface area contributed by atoms with Gasteiger partial charge in [-0.25, -0.2) is 12.7 Å². The predicted molar refractivity (Wildman–Crippen MR) is 108 cm³/mol. The predicted octanol–water partition coefficient (Wildman–Crippen LogP) is 1.98. The molecule has 2 rings (SSSR count). The number of ether oxygens (including phenoxy) is 2. The number of methoxy groups -OCH3 is 1. The molecule has 156 valence electrons. The number of amides is 1. The molecule has 0 unspecified atom stereocenters. The van der Waals surface area contributed by atoms with Gasteiger partial charge in [-0.05, 0) is 37.3 Å². The largest absolute Gasteiger partial charge is 0.496 e. The lowest BCUT2D eigenvalue weighted by atomic mass is 10.1. The molecule has 0 bridgehead atoms. The van der Waals surface area contributed by atoms with Crippen molar-refractivity contribution in [3.8, 4) is 5.75 Å². The Kier molecular flexibility index (Phi) is 7.35. The fourth-order valence-corrected chi connectivity index (χ4v) is 3.42. The molecule has 0 spiro atoms.